The van der Waals surface area contributed by atoms with Gasteiger partial charge in [-0.15, -0.1) is 0 Å². The van der Waals surface area contributed by atoms with Gasteiger partial charge in [0.1, 0.15) is 5.75 Å². The first-order valence-corrected chi connectivity index (χ1v) is 7.26. The second-order valence-electron chi connectivity index (χ2n) is 5.41. The molecule has 0 amide bonds. The zero-order valence-electron chi connectivity index (χ0n) is 11.2. The van der Waals surface area contributed by atoms with Crippen LogP contribution in [0.15, 0.2) is 30.3 Å². The van der Waals surface area contributed by atoms with Crippen LogP contribution in [0, 0.1) is 11.8 Å². The van der Waals surface area contributed by atoms with E-state index < -0.39 is 0 Å². The highest BCUT2D eigenvalue weighted by Crippen LogP contribution is 2.32. The molecular weight excluding hydrogens is 222 g/mol. The SMILES string of the molecule is NCCC1CCC(CCOc2ccccc2)CC1. The van der Waals surface area contributed by atoms with Crippen LogP contribution in [0.3, 0.4) is 0 Å². The molecule has 2 nitrogen and oxygen atoms in total. The number of rotatable bonds is 6. The number of ether oxygens (including phenoxy) is 1. The van der Waals surface area contributed by atoms with Gasteiger partial charge in [0.2, 0.25) is 0 Å². The fourth-order valence-corrected chi connectivity index (χ4v) is 2.90. The Kier molecular flexibility index (Phi) is 5.53. The molecule has 0 radical (unpaired) electrons. The fourth-order valence-electron chi connectivity index (χ4n) is 2.90. The zero-order valence-corrected chi connectivity index (χ0v) is 11.2. The van der Waals surface area contributed by atoms with Crippen molar-refractivity contribution < 1.29 is 4.74 Å². The van der Waals surface area contributed by atoms with E-state index in [0.717, 1.165) is 30.7 Å². The number of benzene rings is 1. The van der Waals surface area contributed by atoms with Gasteiger partial charge in [-0.2, -0.15) is 0 Å². The molecule has 0 unspecified atom stereocenters. The molecule has 2 rings (SSSR count). The molecular formula is C16H25NO. The molecule has 100 valence electrons. The minimum atomic E-state index is 0.854. The molecule has 1 saturated carbocycles. The highest BCUT2D eigenvalue weighted by Gasteiger charge is 2.20. The van der Waals surface area contributed by atoms with Crippen molar-refractivity contribution in [3.63, 3.8) is 0 Å². The summed E-state index contributed by atoms with van der Waals surface area (Å²) in [5.74, 6) is 2.75. The molecule has 18 heavy (non-hydrogen) atoms. The molecule has 2 heteroatoms. The van der Waals surface area contributed by atoms with E-state index in [1.165, 1.54) is 38.5 Å². The second kappa shape index (κ2) is 7.42. The minimum absolute atomic E-state index is 0.854. The van der Waals surface area contributed by atoms with Crippen molar-refractivity contribution in [2.24, 2.45) is 17.6 Å². The first kappa shape index (κ1) is 13.4. The Hall–Kier alpha value is -1.02. The number of hydrogen-bond acceptors (Lipinski definition) is 2. The molecule has 0 atom stereocenters. The van der Waals surface area contributed by atoms with Crippen LogP contribution in [0.5, 0.6) is 5.75 Å². The van der Waals surface area contributed by atoms with E-state index in [0.29, 0.717) is 0 Å². The molecule has 0 aromatic heterocycles. The van der Waals surface area contributed by atoms with E-state index in [4.69, 9.17) is 10.5 Å². The third kappa shape index (κ3) is 4.34. The predicted molar refractivity (Wildman–Crippen MR) is 75.7 cm³/mol. The summed E-state index contributed by atoms with van der Waals surface area (Å²) in [7, 11) is 0. The molecule has 0 aliphatic heterocycles. The lowest BCUT2D eigenvalue weighted by atomic mass is 9.79. The van der Waals surface area contributed by atoms with Crippen LogP contribution in [0.4, 0.5) is 0 Å². The quantitative estimate of drug-likeness (QED) is 0.833. The first-order valence-electron chi connectivity index (χ1n) is 7.26. The van der Waals surface area contributed by atoms with Gasteiger partial charge in [-0.05, 0) is 43.4 Å². The Morgan fingerprint density at radius 2 is 1.56 bits per heavy atom. The Morgan fingerprint density at radius 1 is 0.944 bits per heavy atom. The zero-order chi connectivity index (χ0) is 12.6. The van der Waals surface area contributed by atoms with Gasteiger partial charge in [0, 0.05) is 0 Å². The Bertz CT molecular complexity index is 317. The molecule has 0 bridgehead atoms. The van der Waals surface area contributed by atoms with Crippen molar-refractivity contribution in [1.82, 2.24) is 0 Å². The van der Waals surface area contributed by atoms with Crippen molar-refractivity contribution >= 4 is 0 Å². The molecule has 1 aromatic rings. The van der Waals surface area contributed by atoms with E-state index in [2.05, 4.69) is 0 Å². The van der Waals surface area contributed by atoms with Crippen molar-refractivity contribution in [1.29, 1.82) is 0 Å². The molecule has 0 saturated heterocycles. The Morgan fingerprint density at radius 3 is 2.17 bits per heavy atom. The second-order valence-corrected chi connectivity index (χ2v) is 5.41. The van der Waals surface area contributed by atoms with Crippen LogP contribution >= 0.6 is 0 Å². The van der Waals surface area contributed by atoms with Crippen molar-refractivity contribution in [3.05, 3.63) is 30.3 Å². The molecule has 1 aliphatic carbocycles. The van der Waals surface area contributed by atoms with Crippen molar-refractivity contribution in [2.45, 2.75) is 38.5 Å². The molecule has 0 heterocycles. The summed E-state index contributed by atoms with van der Waals surface area (Å²) < 4.78 is 5.76. The first-order chi connectivity index (χ1) is 8.88. The van der Waals surface area contributed by atoms with E-state index in [9.17, 15) is 0 Å². The third-order valence-corrected chi connectivity index (χ3v) is 4.08. The fraction of sp³-hybridized carbons (Fsp3) is 0.625. The van der Waals surface area contributed by atoms with E-state index in [1.807, 2.05) is 30.3 Å². The monoisotopic (exact) mass is 247 g/mol. The molecule has 1 aromatic carbocycles. The van der Waals surface area contributed by atoms with Crippen LogP contribution in [0.1, 0.15) is 38.5 Å². The van der Waals surface area contributed by atoms with Crippen molar-refractivity contribution in [2.75, 3.05) is 13.2 Å². The van der Waals surface area contributed by atoms with Gasteiger partial charge in [0.15, 0.2) is 0 Å². The van der Waals surface area contributed by atoms with E-state index in [1.54, 1.807) is 0 Å². The van der Waals surface area contributed by atoms with Gasteiger partial charge in [0.25, 0.3) is 0 Å². The largest absolute Gasteiger partial charge is 0.494 e. The maximum Gasteiger partial charge on any atom is 0.119 e. The van der Waals surface area contributed by atoms with Gasteiger partial charge in [-0.25, -0.2) is 0 Å². The maximum absolute atomic E-state index is 5.76. The van der Waals surface area contributed by atoms with E-state index >= 15 is 0 Å². The summed E-state index contributed by atoms with van der Waals surface area (Å²) >= 11 is 0. The average molecular weight is 247 g/mol. The smallest absolute Gasteiger partial charge is 0.119 e. The number of para-hydroxylation sites is 1. The highest BCUT2D eigenvalue weighted by molar-refractivity contribution is 5.20. The standard InChI is InChI=1S/C16H25NO/c17-12-10-14-6-8-15(9-7-14)11-13-18-16-4-2-1-3-5-16/h1-5,14-15H,6-13,17H2. The summed E-state index contributed by atoms with van der Waals surface area (Å²) in [6.07, 6.45) is 7.88. The molecule has 0 spiro atoms. The topological polar surface area (TPSA) is 35.2 Å². The number of hydrogen-bond donors (Lipinski definition) is 1. The summed E-state index contributed by atoms with van der Waals surface area (Å²) in [6, 6.07) is 10.1. The van der Waals surface area contributed by atoms with Crippen LogP contribution < -0.4 is 10.5 Å². The van der Waals surface area contributed by atoms with Crippen molar-refractivity contribution in [3.8, 4) is 5.75 Å². The molecule has 1 aliphatic rings. The van der Waals surface area contributed by atoms with Crippen LogP contribution in [0.25, 0.3) is 0 Å². The Balaban J connectivity index is 1.61. The maximum atomic E-state index is 5.76. The lowest BCUT2D eigenvalue weighted by Crippen LogP contribution is -2.18. The van der Waals surface area contributed by atoms with Crippen LogP contribution in [0.2, 0.25) is 0 Å². The van der Waals surface area contributed by atoms with Gasteiger partial charge < -0.3 is 10.5 Å². The molecule has 1 fully saturated rings. The van der Waals surface area contributed by atoms with Gasteiger partial charge >= 0.3 is 0 Å². The van der Waals surface area contributed by atoms with Crippen LogP contribution in [-0.4, -0.2) is 13.2 Å². The lowest BCUT2D eigenvalue weighted by molar-refractivity contribution is 0.213. The van der Waals surface area contributed by atoms with Crippen LogP contribution in [-0.2, 0) is 0 Å². The van der Waals surface area contributed by atoms with E-state index in [-0.39, 0.29) is 0 Å². The summed E-state index contributed by atoms with van der Waals surface area (Å²) in [5.41, 5.74) is 5.62. The van der Waals surface area contributed by atoms with Gasteiger partial charge in [-0.3, -0.25) is 0 Å². The van der Waals surface area contributed by atoms with Gasteiger partial charge in [0.05, 0.1) is 6.61 Å². The normalized spacial score (nSPS) is 23.8. The minimum Gasteiger partial charge on any atom is -0.494 e. The summed E-state index contributed by atoms with van der Waals surface area (Å²) in [6.45, 7) is 1.71. The molecule has 2 N–H and O–H groups in total. The Labute approximate surface area is 111 Å². The van der Waals surface area contributed by atoms with Gasteiger partial charge in [-0.1, -0.05) is 43.9 Å². The lowest BCUT2D eigenvalue weighted by Gasteiger charge is -2.28. The summed E-state index contributed by atoms with van der Waals surface area (Å²) in [4.78, 5) is 0. The predicted octanol–water partition coefficient (Wildman–Crippen LogP) is 3.61. The highest BCUT2D eigenvalue weighted by atomic mass is 16.5. The number of nitrogens with two attached hydrogens (primary N) is 1. The summed E-state index contributed by atoms with van der Waals surface area (Å²) in [5, 5.41) is 0. The third-order valence-electron chi connectivity index (χ3n) is 4.08. The average Bonchev–Trinajstić information content (AvgIpc) is 2.42.